The van der Waals surface area contributed by atoms with Crippen molar-refractivity contribution in [3.05, 3.63) is 77.7 Å². The van der Waals surface area contributed by atoms with E-state index in [4.69, 9.17) is 11.6 Å². The molecule has 1 fully saturated rings. The van der Waals surface area contributed by atoms with E-state index in [2.05, 4.69) is 50.4 Å². The molecule has 1 saturated carbocycles. The van der Waals surface area contributed by atoms with Crippen molar-refractivity contribution in [2.24, 2.45) is 17.5 Å². The summed E-state index contributed by atoms with van der Waals surface area (Å²) in [7, 11) is 0. The van der Waals surface area contributed by atoms with Gasteiger partial charge in [0.15, 0.2) is 0 Å². The molecule has 4 N–H and O–H groups in total. The normalized spacial score (nSPS) is 12.5. The summed E-state index contributed by atoms with van der Waals surface area (Å²) in [6.07, 6.45) is 21.1. The average molecular weight is 543 g/mol. The SMILES string of the molecule is C=C(C)/C=C\n1ncc(CC)c1C.CC.CCCCCCSN(N)/C=C(\N)C1CC1.CCc1cccnc1. The molecule has 7 heteroatoms. The minimum absolute atomic E-state index is 0.608. The van der Waals surface area contributed by atoms with Crippen molar-refractivity contribution < 1.29 is 0 Å². The molecule has 0 saturated heterocycles. The van der Waals surface area contributed by atoms with E-state index >= 15 is 0 Å². The zero-order valence-corrected chi connectivity index (χ0v) is 25.9. The summed E-state index contributed by atoms with van der Waals surface area (Å²) in [6, 6.07) is 4.03. The van der Waals surface area contributed by atoms with E-state index in [1.165, 1.54) is 55.3 Å². The van der Waals surface area contributed by atoms with Crippen LogP contribution in [0.4, 0.5) is 0 Å². The van der Waals surface area contributed by atoms with Gasteiger partial charge >= 0.3 is 0 Å². The molecule has 0 aliphatic heterocycles. The first-order valence-electron chi connectivity index (χ1n) is 14.2. The molecule has 6 nitrogen and oxygen atoms in total. The lowest BCUT2D eigenvalue weighted by atomic mass is 10.2. The third-order valence-corrected chi connectivity index (χ3v) is 6.60. The molecule has 2 aromatic heterocycles. The van der Waals surface area contributed by atoms with Crippen LogP contribution in [0.25, 0.3) is 6.20 Å². The monoisotopic (exact) mass is 542 g/mol. The predicted octanol–water partition coefficient (Wildman–Crippen LogP) is 8.07. The second-order valence-corrected chi connectivity index (χ2v) is 10.2. The van der Waals surface area contributed by atoms with Crippen LogP contribution in [0.2, 0.25) is 0 Å². The first kappa shape index (κ1) is 35.5. The van der Waals surface area contributed by atoms with Crippen LogP contribution in [0, 0.1) is 12.8 Å². The van der Waals surface area contributed by atoms with Gasteiger partial charge in [-0.25, -0.2) is 10.5 Å². The van der Waals surface area contributed by atoms with Gasteiger partial charge in [-0.15, -0.1) is 0 Å². The van der Waals surface area contributed by atoms with Crippen molar-refractivity contribution >= 4 is 18.1 Å². The van der Waals surface area contributed by atoms with Crippen LogP contribution in [0.5, 0.6) is 0 Å². The molecular weight excluding hydrogens is 488 g/mol. The van der Waals surface area contributed by atoms with Gasteiger partial charge in [-0.1, -0.05) is 72.1 Å². The number of aromatic nitrogens is 3. The highest BCUT2D eigenvalue weighted by Crippen LogP contribution is 2.34. The smallest absolute Gasteiger partial charge is 0.0528 e. The second kappa shape index (κ2) is 22.5. The fraction of sp³-hybridized carbons (Fsp3) is 0.548. The molecule has 214 valence electrons. The zero-order valence-electron chi connectivity index (χ0n) is 25.1. The molecule has 2 aromatic rings. The van der Waals surface area contributed by atoms with Crippen molar-refractivity contribution in [3.63, 3.8) is 0 Å². The van der Waals surface area contributed by atoms with Gasteiger partial charge in [0.1, 0.15) is 0 Å². The Balaban J connectivity index is 0.000000543. The van der Waals surface area contributed by atoms with Crippen LogP contribution in [0.15, 0.2) is 60.8 Å². The lowest BCUT2D eigenvalue weighted by Crippen LogP contribution is -2.20. The highest BCUT2D eigenvalue weighted by atomic mass is 32.2. The van der Waals surface area contributed by atoms with Crippen molar-refractivity contribution in [1.82, 2.24) is 19.2 Å². The number of aryl methyl sites for hydroxylation is 2. The molecule has 0 amide bonds. The molecule has 1 aliphatic carbocycles. The van der Waals surface area contributed by atoms with Crippen molar-refractivity contribution in [3.8, 4) is 0 Å². The number of hydrazine groups is 1. The van der Waals surface area contributed by atoms with Gasteiger partial charge in [0, 0.05) is 47.9 Å². The number of pyridine rings is 1. The van der Waals surface area contributed by atoms with Crippen molar-refractivity contribution in [2.75, 3.05) is 5.75 Å². The number of nitrogens with zero attached hydrogens (tertiary/aromatic N) is 4. The molecule has 3 rings (SSSR count). The van der Waals surface area contributed by atoms with Gasteiger partial charge in [-0.05, 0) is 81.2 Å². The van der Waals surface area contributed by atoms with Gasteiger partial charge < -0.3 is 5.73 Å². The predicted molar refractivity (Wildman–Crippen MR) is 169 cm³/mol. The molecule has 0 spiro atoms. The lowest BCUT2D eigenvalue weighted by molar-refractivity contribution is 0.647. The minimum Gasteiger partial charge on any atom is -0.401 e. The summed E-state index contributed by atoms with van der Waals surface area (Å²) < 4.78 is 3.55. The molecule has 1 aliphatic rings. The van der Waals surface area contributed by atoms with Gasteiger partial charge in [0.05, 0.1) is 6.20 Å². The number of nitrogens with two attached hydrogens (primary N) is 2. The van der Waals surface area contributed by atoms with E-state index in [0.717, 1.165) is 29.9 Å². The summed E-state index contributed by atoms with van der Waals surface area (Å²) >= 11 is 1.66. The molecule has 2 heterocycles. The van der Waals surface area contributed by atoms with Crippen LogP contribution < -0.4 is 11.6 Å². The van der Waals surface area contributed by atoms with Crippen LogP contribution in [0.3, 0.4) is 0 Å². The number of hydrogen-bond acceptors (Lipinski definition) is 6. The van der Waals surface area contributed by atoms with E-state index in [9.17, 15) is 0 Å². The maximum Gasteiger partial charge on any atom is 0.0528 e. The van der Waals surface area contributed by atoms with Gasteiger partial charge in [0.25, 0.3) is 0 Å². The van der Waals surface area contributed by atoms with Crippen LogP contribution in [-0.2, 0) is 12.8 Å². The quantitative estimate of drug-likeness (QED) is 0.0927. The Hall–Kier alpha value is -2.51. The molecule has 0 aromatic carbocycles. The Labute approximate surface area is 237 Å². The van der Waals surface area contributed by atoms with Crippen LogP contribution in [0.1, 0.15) is 96.9 Å². The summed E-state index contributed by atoms with van der Waals surface area (Å²) in [4.78, 5) is 3.96. The Morgan fingerprint density at radius 1 is 1.16 bits per heavy atom. The topological polar surface area (TPSA) is 86.0 Å². The molecule has 0 atom stereocenters. The van der Waals surface area contributed by atoms with Crippen molar-refractivity contribution in [2.45, 2.75) is 99.8 Å². The molecular formula is C31H54N6S. The fourth-order valence-corrected chi connectivity index (χ4v) is 3.91. The summed E-state index contributed by atoms with van der Waals surface area (Å²) in [5.41, 5.74) is 11.6. The Kier molecular flexibility index (Phi) is 21.0. The number of rotatable bonds is 12. The van der Waals surface area contributed by atoms with E-state index < -0.39 is 0 Å². The zero-order chi connectivity index (χ0) is 28.8. The van der Waals surface area contributed by atoms with E-state index in [1.54, 1.807) is 22.6 Å². The third kappa shape index (κ3) is 17.1. The van der Waals surface area contributed by atoms with E-state index in [1.807, 2.05) is 62.4 Å². The van der Waals surface area contributed by atoms with Crippen molar-refractivity contribution in [1.29, 1.82) is 0 Å². The fourth-order valence-electron chi connectivity index (χ4n) is 3.17. The van der Waals surface area contributed by atoms with E-state index in [-0.39, 0.29) is 0 Å². The van der Waals surface area contributed by atoms with Gasteiger partial charge in [-0.3, -0.25) is 9.40 Å². The third-order valence-electron chi connectivity index (χ3n) is 5.72. The standard InChI is InChI=1S/C11H23N3S.C11H16N2.C7H9N.C2H6/c1-2-3-4-5-8-15-14(13)9-11(12)10-6-7-10;1-5-11-8-12-13(10(11)4)7-6-9(2)3;1-2-7-4-3-5-8-6-7;1-2/h9-10H,2-8,12-13H2,1H3;6-8H,2,5H2,1,3-4H3;3-6H,2H2,1H3;1-2H3/b11-9-;7-6-;;. The minimum atomic E-state index is 0.608. The molecule has 38 heavy (non-hydrogen) atoms. The first-order valence-corrected chi connectivity index (χ1v) is 15.2. The molecule has 0 unspecified atom stereocenters. The van der Waals surface area contributed by atoms with Gasteiger partial charge in [0.2, 0.25) is 0 Å². The lowest BCUT2D eigenvalue weighted by Gasteiger charge is -2.13. The highest BCUT2D eigenvalue weighted by molar-refractivity contribution is 7.97. The Bertz CT molecular complexity index is 916. The number of unbranched alkanes of at least 4 members (excludes halogenated alkanes) is 3. The highest BCUT2D eigenvalue weighted by Gasteiger charge is 2.24. The second-order valence-electron chi connectivity index (χ2n) is 9.09. The van der Waals surface area contributed by atoms with Crippen LogP contribution >= 0.6 is 11.9 Å². The maximum atomic E-state index is 5.86. The maximum absolute atomic E-state index is 5.86. The summed E-state index contributed by atoms with van der Waals surface area (Å²) in [5.74, 6) is 7.49. The Morgan fingerprint density at radius 3 is 2.34 bits per heavy atom. The molecule has 0 bridgehead atoms. The van der Waals surface area contributed by atoms with Gasteiger partial charge in [-0.2, -0.15) is 5.10 Å². The van der Waals surface area contributed by atoms with Crippen LogP contribution in [-0.4, -0.2) is 24.9 Å². The number of hydrogen-bond donors (Lipinski definition) is 2. The molecule has 0 radical (unpaired) electrons. The summed E-state index contributed by atoms with van der Waals surface area (Å²) in [6.45, 7) is 18.3. The largest absolute Gasteiger partial charge is 0.401 e. The summed E-state index contributed by atoms with van der Waals surface area (Å²) in [5, 5.41) is 4.25. The van der Waals surface area contributed by atoms with E-state index in [0.29, 0.717) is 5.92 Å². The average Bonchev–Trinajstić information content (AvgIpc) is 3.73. The first-order chi connectivity index (χ1) is 18.3. The Morgan fingerprint density at radius 2 is 1.87 bits per heavy atom. The number of allylic oxidation sites excluding steroid dienone is 3.